The van der Waals surface area contributed by atoms with Gasteiger partial charge in [-0.3, -0.25) is 9.69 Å². The van der Waals surface area contributed by atoms with Crippen LogP contribution in [0.25, 0.3) is 0 Å². The van der Waals surface area contributed by atoms with Crippen molar-refractivity contribution in [3.05, 3.63) is 102 Å². The second-order valence-electron chi connectivity index (χ2n) is 6.87. The molecule has 3 aromatic carbocycles. The number of carbonyl (C=O) groups is 1. The SMILES string of the molecule is CCN(CC)Cc1ccc(C(=O)N(Cc2ccccc2)c2ccccc2)cc1. The summed E-state index contributed by atoms with van der Waals surface area (Å²) in [5.74, 6) is 0.0180. The molecule has 0 aromatic heterocycles. The molecule has 0 aliphatic rings. The van der Waals surface area contributed by atoms with E-state index in [0.717, 1.165) is 30.9 Å². The Morgan fingerprint density at radius 2 is 1.21 bits per heavy atom. The largest absolute Gasteiger partial charge is 0.304 e. The molecule has 0 unspecified atom stereocenters. The van der Waals surface area contributed by atoms with Gasteiger partial charge in [0.1, 0.15) is 0 Å². The van der Waals surface area contributed by atoms with Crippen LogP contribution < -0.4 is 4.90 Å². The van der Waals surface area contributed by atoms with Gasteiger partial charge in [-0.1, -0.05) is 74.5 Å². The lowest BCUT2D eigenvalue weighted by molar-refractivity contribution is 0.0985. The number of amides is 1. The van der Waals surface area contributed by atoms with E-state index >= 15 is 0 Å². The first-order valence-corrected chi connectivity index (χ1v) is 9.93. The van der Waals surface area contributed by atoms with E-state index in [1.165, 1.54) is 5.56 Å². The topological polar surface area (TPSA) is 23.6 Å². The molecule has 3 aromatic rings. The zero-order chi connectivity index (χ0) is 19.8. The average Bonchev–Trinajstić information content (AvgIpc) is 2.77. The van der Waals surface area contributed by atoms with Crippen LogP contribution in [0.3, 0.4) is 0 Å². The highest BCUT2D eigenvalue weighted by molar-refractivity contribution is 6.06. The van der Waals surface area contributed by atoms with E-state index in [-0.39, 0.29) is 5.91 Å². The van der Waals surface area contributed by atoms with Gasteiger partial charge in [0.25, 0.3) is 5.91 Å². The van der Waals surface area contributed by atoms with Gasteiger partial charge in [0.05, 0.1) is 6.54 Å². The Labute approximate surface area is 168 Å². The highest BCUT2D eigenvalue weighted by atomic mass is 16.2. The molecule has 144 valence electrons. The molecule has 0 atom stereocenters. The third-order valence-electron chi connectivity index (χ3n) is 5.00. The predicted octanol–water partition coefficient (Wildman–Crippen LogP) is 5.38. The van der Waals surface area contributed by atoms with Gasteiger partial charge in [0.15, 0.2) is 0 Å². The van der Waals surface area contributed by atoms with Crippen molar-refractivity contribution in [1.82, 2.24) is 4.90 Å². The molecule has 0 saturated heterocycles. The standard InChI is InChI=1S/C25H28N2O/c1-3-26(4-2)19-22-15-17-23(18-16-22)25(28)27(24-13-9-6-10-14-24)20-21-11-7-5-8-12-21/h5-18H,3-4,19-20H2,1-2H3. The lowest BCUT2D eigenvalue weighted by Gasteiger charge is -2.23. The fourth-order valence-electron chi connectivity index (χ4n) is 3.27. The number of benzene rings is 3. The zero-order valence-corrected chi connectivity index (χ0v) is 16.7. The van der Waals surface area contributed by atoms with Gasteiger partial charge in [0, 0.05) is 17.8 Å². The number of hydrogen-bond donors (Lipinski definition) is 0. The van der Waals surface area contributed by atoms with Crippen LogP contribution in [0.1, 0.15) is 35.3 Å². The molecular weight excluding hydrogens is 344 g/mol. The summed E-state index contributed by atoms with van der Waals surface area (Å²) >= 11 is 0. The molecule has 1 amide bonds. The minimum Gasteiger partial charge on any atom is -0.304 e. The molecule has 0 saturated carbocycles. The predicted molar refractivity (Wildman–Crippen MR) is 116 cm³/mol. The molecule has 3 nitrogen and oxygen atoms in total. The zero-order valence-electron chi connectivity index (χ0n) is 16.7. The van der Waals surface area contributed by atoms with Gasteiger partial charge in [-0.2, -0.15) is 0 Å². The number of rotatable bonds is 8. The van der Waals surface area contributed by atoms with E-state index in [1.807, 2.05) is 65.6 Å². The van der Waals surface area contributed by atoms with Gasteiger partial charge >= 0.3 is 0 Å². The number of nitrogens with zero attached hydrogens (tertiary/aromatic N) is 2. The summed E-state index contributed by atoms with van der Waals surface area (Å²) in [6.45, 7) is 7.84. The van der Waals surface area contributed by atoms with E-state index in [2.05, 4.69) is 43.0 Å². The summed E-state index contributed by atoms with van der Waals surface area (Å²) < 4.78 is 0. The van der Waals surface area contributed by atoms with Crippen LogP contribution in [0.2, 0.25) is 0 Å². The van der Waals surface area contributed by atoms with E-state index in [1.54, 1.807) is 0 Å². The van der Waals surface area contributed by atoms with E-state index in [4.69, 9.17) is 0 Å². The van der Waals surface area contributed by atoms with Crippen molar-refractivity contribution >= 4 is 11.6 Å². The molecule has 0 fully saturated rings. The maximum absolute atomic E-state index is 13.3. The Hall–Kier alpha value is -2.91. The van der Waals surface area contributed by atoms with Crippen molar-refractivity contribution in [2.75, 3.05) is 18.0 Å². The Balaban J connectivity index is 1.82. The van der Waals surface area contributed by atoms with Crippen molar-refractivity contribution in [2.45, 2.75) is 26.9 Å². The highest BCUT2D eigenvalue weighted by Crippen LogP contribution is 2.20. The summed E-state index contributed by atoms with van der Waals surface area (Å²) in [5, 5.41) is 0. The lowest BCUT2D eigenvalue weighted by Crippen LogP contribution is -2.30. The van der Waals surface area contributed by atoms with E-state index < -0.39 is 0 Å². The van der Waals surface area contributed by atoms with Gasteiger partial charge in [0.2, 0.25) is 0 Å². The number of para-hydroxylation sites is 1. The van der Waals surface area contributed by atoms with Crippen molar-refractivity contribution in [2.24, 2.45) is 0 Å². The van der Waals surface area contributed by atoms with Crippen LogP contribution in [0.5, 0.6) is 0 Å². The second-order valence-corrected chi connectivity index (χ2v) is 6.87. The summed E-state index contributed by atoms with van der Waals surface area (Å²) in [7, 11) is 0. The fourth-order valence-corrected chi connectivity index (χ4v) is 3.27. The molecule has 0 spiro atoms. The number of hydrogen-bond acceptors (Lipinski definition) is 2. The average molecular weight is 373 g/mol. The quantitative estimate of drug-likeness (QED) is 0.530. The Bertz CT molecular complexity index is 856. The number of anilines is 1. The normalized spacial score (nSPS) is 10.8. The molecule has 0 aliphatic heterocycles. The minimum atomic E-state index is 0.0180. The van der Waals surface area contributed by atoms with E-state index in [9.17, 15) is 4.79 Å². The Morgan fingerprint density at radius 3 is 1.79 bits per heavy atom. The Kier molecular flexibility index (Phi) is 6.99. The van der Waals surface area contributed by atoms with Gasteiger partial charge in [-0.05, 0) is 48.5 Å². The maximum Gasteiger partial charge on any atom is 0.258 e. The van der Waals surface area contributed by atoms with Crippen LogP contribution in [-0.4, -0.2) is 23.9 Å². The minimum absolute atomic E-state index is 0.0180. The van der Waals surface area contributed by atoms with Crippen LogP contribution >= 0.6 is 0 Å². The van der Waals surface area contributed by atoms with Crippen molar-refractivity contribution < 1.29 is 4.79 Å². The molecule has 0 N–H and O–H groups in total. The van der Waals surface area contributed by atoms with Crippen LogP contribution in [0, 0.1) is 0 Å². The van der Waals surface area contributed by atoms with Crippen molar-refractivity contribution in [3.63, 3.8) is 0 Å². The van der Waals surface area contributed by atoms with Gasteiger partial charge < -0.3 is 4.90 Å². The maximum atomic E-state index is 13.3. The van der Waals surface area contributed by atoms with Crippen molar-refractivity contribution in [1.29, 1.82) is 0 Å². The molecule has 28 heavy (non-hydrogen) atoms. The Morgan fingerprint density at radius 1 is 0.679 bits per heavy atom. The summed E-state index contributed by atoms with van der Waals surface area (Å²) in [6, 6.07) is 28.0. The van der Waals surface area contributed by atoms with Crippen LogP contribution in [0.4, 0.5) is 5.69 Å². The first-order valence-electron chi connectivity index (χ1n) is 9.93. The molecule has 0 radical (unpaired) electrons. The second kappa shape index (κ2) is 9.86. The summed E-state index contributed by atoms with van der Waals surface area (Å²) in [4.78, 5) is 17.5. The number of carbonyl (C=O) groups excluding carboxylic acids is 1. The van der Waals surface area contributed by atoms with E-state index in [0.29, 0.717) is 12.1 Å². The molecular formula is C25H28N2O. The highest BCUT2D eigenvalue weighted by Gasteiger charge is 2.18. The summed E-state index contributed by atoms with van der Waals surface area (Å²) in [5.41, 5.74) is 3.96. The van der Waals surface area contributed by atoms with Crippen LogP contribution in [-0.2, 0) is 13.1 Å². The van der Waals surface area contributed by atoms with Gasteiger partial charge in [-0.15, -0.1) is 0 Å². The van der Waals surface area contributed by atoms with Crippen LogP contribution in [0.15, 0.2) is 84.9 Å². The third kappa shape index (κ3) is 5.08. The summed E-state index contributed by atoms with van der Waals surface area (Å²) in [6.07, 6.45) is 0. The monoisotopic (exact) mass is 372 g/mol. The molecule has 0 bridgehead atoms. The third-order valence-corrected chi connectivity index (χ3v) is 5.00. The molecule has 0 heterocycles. The molecule has 3 rings (SSSR count). The smallest absolute Gasteiger partial charge is 0.258 e. The molecule has 0 aliphatic carbocycles. The van der Waals surface area contributed by atoms with Crippen molar-refractivity contribution in [3.8, 4) is 0 Å². The molecule has 3 heteroatoms. The lowest BCUT2D eigenvalue weighted by atomic mass is 10.1. The van der Waals surface area contributed by atoms with Gasteiger partial charge in [-0.25, -0.2) is 0 Å². The first-order chi connectivity index (χ1) is 13.7. The first kappa shape index (κ1) is 19.8. The fraction of sp³-hybridized carbons (Fsp3) is 0.240.